The van der Waals surface area contributed by atoms with Gasteiger partial charge in [-0.3, -0.25) is 4.90 Å². The van der Waals surface area contributed by atoms with Crippen molar-refractivity contribution in [1.29, 1.82) is 0 Å². The zero-order chi connectivity index (χ0) is 14.8. The van der Waals surface area contributed by atoms with E-state index >= 15 is 0 Å². The van der Waals surface area contributed by atoms with Crippen LogP contribution in [0.2, 0.25) is 0 Å². The molecule has 0 radical (unpaired) electrons. The van der Waals surface area contributed by atoms with Crippen LogP contribution in [0.3, 0.4) is 0 Å². The van der Waals surface area contributed by atoms with Crippen molar-refractivity contribution in [3.05, 3.63) is 0 Å². The van der Waals surface area contributed by atoms with Gasteiger partial charge in [0.25, 0.3) is 0 Å². The van der Waals surface area contributed by atoms with Crippen LogP contribution in [0.1, 0.15) is 59.8 Å². The Morgan fingerprint density at radius 3 is 2.60 bits per heavy atom. The first-order valence-electron chi connectivity index (χ1n) is 8.44. The van der Waals surface area contributed by atoms with Crippen molar-refractivity contribution in [2.45, 2.75) is 77.0 Å². The fraction of sp³-hybridized carbons (Fsp3) is 1.00. The van der Waals surface area contributed by atoms with E-state index < -0.39 is 0 Å². The van der Waals surface area contributed by atoms with E-state index in [1.54, 1.807) is 0 Å². The predicted molar refractivity (Wildman–Crippen MR) is 85.1 cm³/mol. The number of methoxy groups -OCH3 is 1. The Hall–Kier alpha value is -0.120. The van der Waals surface area contributed by atoms with Crippen molar-refractivity contribution >= 4 is 0 Å². The maximum Gasteiger partial charge on any atom is 0.0634 e. The molecule has 2 fully saturated rings. The summed E-state index contributed by atoms with van der Waals surface area (Å²) in [6.45, 7) is 12.7. The molecule has 1 saturated carbocycles. The minimum atomic E-state index is -0.00236. The first-order chi connectivity index (χ1) is 9.40. The highest BCUT2D eigenvalue weighted by Gasteiger charge is 2.45. The van der Waals surface area contributed by atoms with Crippen molar-refractivity contribution in [1.82, 2.24) is 10.2 Å². The Bertz CT molecular complexity index is 314. The molecule has 20 heavy (non-hydrogen) atoms. The molecule has 0 bridgehead atoms. The van der Waals surface area contributed by atoms with Gasteiger partial charge in [-0.1, -0.05) is 13.3 Å². The van der Waals surface area contributed by atoms with Gasteiger partial charge in [-0.25, -0.2) is 0 Å². The Morgan fingerprint density at radius 2 is 2.05 bits per heavy atom. The van der Waals surface area contributed by atoms with Crippen molar-refractivity contribution in [3.8, 4) is 0 Å². The SMILES string of the molecule is CCCC1CNC(C)(C2CC2)CN1CCC(C)(C)OC. The molecule has 118 valence electrons. The largest absolute Gasteiger partial charge is 0.379 e. The lowest BCUT2D eigenvalue weighted by Crippen LogP contribution is -2.64. The Balaban J connectivity index is 1.95. The van der Waals surface area contributed by atoms with E-state index in [9.17, 15) is 0 Å². The van der Waals surface area contributed by atoms with E-state index in [4.69, 9.17) is 4.74 Å². The third-order valence-corrected chi connectivity index (χ3v) is 5.44. The van der Waals surface area contributed by atoms with Crippen LogP contribution in [0.15, 0.2) is 0 Å². The highest BCUT2D eigenvalue weighted by molar-refractivity contribution is 5.04. The molecule has 2 unspecified atom stereocenters. The summed E-state index contributed by atoms with van der Waals surface area (Å²) in [5, 5.41) is 3.86. The predicted octanol–water partition coefficient (Wildman–Crippen LogP) is 3.04. The summed E-state index contributed by atoms with van der Waals surface area (Å²) in [6, 6.07) is 0.708. The summed E-state index contributed by atoms with van der Waals surface area (Å²) in [7, 11) is 1.83. The highest BCUT2D eigenvalue weighted by Crippen LogP contribution is 2.41. The van der Waals surface area contributed by atoms with E-state index in [1.807, 2.05) is 7.11 Å². The summed E-state index contributed by atoms with van der Waals surface area (Å²) in [4.78, 5) is 2.74. The summed E-state index contributed by atoms with van der Waals surface area (Å²) >= 11 is 0. The molecule has 2 atom stereocenters. The average Bonchev–Trinajstić information content (AvgIpc) is 3.24. The van der Waals surface area contributed by atoms with E-state index in [0.717, 1.165) is 25.4 Å². The van der Waals surface area contributed by atoms with Gasteiger partial charge in [0.15, 0.2) is 0 Å². The minimum Gasteiger partial charge on any atom is -0.379 e. The Labute approximate surface area is 125 Å². The zero-order valence-corrected chi connectivity index (χ0v) is 14.2. The smallest absolute Gasteiger partial charge is 0.0634 e. The fourth-order valence-electron chi connectivity index (χ4n) is 3.48. The van der Waals surface area contributed by atoms with Crippen LogP contribution in [-0.4, -0.2) is 48.8 Å². The van der Waals surface area contributed by atoms with Crippen LogP contribution in [-0.2, 0) is 4.74 Å². The normalized spacial score (nSPS) is 32.5. The molecule has 3 heteroatoms. The van der Waals surface area contributed by atoms with Gasteiger partial charge < -0.3 is 10.1 Å². The van der Waals surface area contributed by atoms with Crippen LogP contribution < -0.4 is 5.32 Å². The van der Waals surface area contributed by atoms with E-state index in [0.29, 0.717) is 11.6 Å². The zero-order valence-electron chi connectivity index (χ0n) is 14.2. The number of nitrogens with zero attached hydrogens (tertiary/aromatic N) is 1. The molecule has 3 nitrogen and oxygen atoms in total. The van der Waals surface area contributed by atoms with Crippen molar-refractivity contribution in [2.75, 3.05) is 26.7 Å². The number of nitrogens with one attached hydrogen (secondary N) is 1. The molecule has 0 amide bonds. The van der Waals surface area contributed by atoms with Gasteiger partial charge in [0, 0.05) is 38.3 Å². The van der Waals surface area contributed by atoms with Crippen molar-refractivity contribution in [3.63, 3.8) is 0 Å². The lowest BCUT2D eigenvalue weighted by atomic mass is 9.89. The summed E-state index contributed by atoms with van der Waals surface area (Å²) < 4.78 is 5.59. The topological polar surface area (TPSA) is 24.5 Å². The molecule has 2 aliphatic rings. The van der Waals surface area contributed by atoms with Gasteiger partial charge in [-0.15, -0.1) is 0 Å². The van der Waals surface area contributed by atoms with Crippen LogP contribution in [0.25, 0.3) is 0 Å². The molecular formula is C17H34N2O. The summed E-state index contributed by atoms with van der Waals surface area (Å²) in [6.07, 6.45) is 6.53. The lowest BCUT2D eigenvalue weighted by Gasteiger charge is -2.47. The molecule has 1 aliphatic carbocycles. The van der Waals surface area contributed by atoms with E-state index in [1.165, 1.54) is 32.2 Å². The number of hydrogen-bond acceptors (Lipinski definition) is 3. The van der Waals surface area contributed by atoms with Crippen molar-refractivity contribution < 1.29 is 4.74 Å². The van der Waals surface area contributed by atoms with Crippen LogP contribution in [0.5, 0.6) is 0 Å². The first kappa shape index (κ1) is 16.3. The second kappa shape index (κ2) is 6.33. The second-order valence-corrected chi connectivity index (χ2v) is 7.70. The van der Waals surface area contributed by atoms with Crippen LogP contribution in [0.4, 0.5) is 0 Å². The number of piperazine rings is 1. The summed E-state index contributed by atoms with van der Waals surface area (Å²) in [5.41, 5.74) is 0.346. The van der Waals surface area contributed by atoms with Gasteiger partial charge >= 0.3 is 0 Å². The maximum atomic E-state index is 5.59. The third-order valence-electron chi connectivity index (χ3n) is 5.44. The molecule has 1 saturated heterocycles. The van der Waals surface area contributed by atoms with Crippen molar-refractivity contribution in [2.24, 2.45) is 5.92 Å². The second-order valence-electron chi connectivity index (χ2n) is 7.70. The quantitative estimate of drug-likeness (QED) is 0.777. The maximum absolute atomic E-state index is 5.59. The summed E-state index contributed by atoms with van der Waals surface area (Å²) in [5.74, 6) is 0.906. The molecule has 0 aromatic heterocycles. The standard InChI is InChI=1S/C17H34N2O/c1-6-7-15-12-18-17(4,14-8-9-14)13-19(15)11-10-16(2,3)20-5/h14-15,18H,6-13H2,1-5H3. The molecule has 2 rings (SSSR count). The minimum absolute atomic E-state index is 0.00236. The monoisotopic (exact) mass is 282 g/mol. The molecule has 1 heterocycles. The van der Waals surface area contributed by atoms with Gasteiger partial charge in [0.2, 0.25) is 0 Å². The van der Waals surface area contributed by atoms with Gasteiger partial charge in [-0.05, 0) is 52.4 Å². The number of ether oxygens (including phenoxy) is 1. The fourth-order valence-corrected chi connectivity index (χ4v) is 3.48. The average molecular weight is 282 g/mol. The molecular weight excluding hydrogens is 248 g/mol. The van der Waals surface area contributed by atoms with Crippen LogP contribution >= 0.6 is 0 Å². The van der Waals surface area contributed by atoms with E-state index in [-0.39, 0.29) is 5.60 Å². The Morgan fingerprint density at radius 1 is 1.35 bits per heavy atom. The molecule has 1 N–H and O–H groups in total. The lowest BCUT2D eigenvalue weighted by molar-refractivity contribution is -0.00733. The van der Waals surface area contributed by atoms with Crippen LogP contribution in [0, 0.1) is 5.92 Å². The first-order valence-corrected chi connectivity index (χ1v) is 8.44. The molecule has 0 aromatic carbocycles. The third kappa shape index (κ3) is 3.96. The molecule has 0 spiro atoms. The molecule has 0 aromatic rings. The van der Waals surface area contributed by atoms with Gasteiger partial charge in [0.1, 0.15) is 0 Å². The Kier molecular flexibility index (Phi) is 5.14. The van der Waals surface area contributed by atoms with Gasteiger partial charge in [-0.2, -0.15) is 0 Å². The van der Waals surface area contributed by atoms with E-state index in [2.05, 4.69) is 37.9 Å². The number of hydrogen-bond donors (Lipinski definition) is 1. The van der Waals surface area contributed by atoms with Gasteiger partial charge in [0.05, 0.1) is 5.60 Å². The molecule has 1 aliphatic heterocycles. The highest BCUT2D eigenvalue weighted by atomic mass is 16.5. The number of rotatable bonds is 7.